The van der Waals surface area contributed by atoms with Gasteiger partial charge in [0.25, 0.3) is 5.56 Å². The van der Waals surface area contributed by atoms with Crippen LogP contribution in [0.1, 0.15) is 12.6 Å². The summed E-state index contributed by atoms with van der Waals surface area (Å²) in [5.41, 5.74) is -0.899. The lowest BCUT2D eigenvalue weighted by molar-refractivity contribution is 0.0994. The number of aromatic nitrogens is 2. The van der Waals surface area contributed by atoms with Crippen molar-refractivity contribution >= 4 is 15.9 Å². The zero-order chi connectivity index (χ0) is 10.1. The summed E-state index contributed by atoms with van der Waals surface area (Å²) in [7, 11) is 0. The van der Waals surface area contributed by atoms with Gasteiger partial charge in [-0.05, 0) is 22.0 Å². The summed E-state index contributed by atoms with van der Waals surface area (Å²) in [5, 5.41) is 0. The van der Waals surface area contributed by atoms with Crippen LogP contribution in [0, 0.1) is 0 Å². The third-order valence-electron chi connectivity index (χ3n) is 1.90. The summed E-state index contributed by atoms with van der Waals surface area (Å²) in [6.45, 7) is 0. The standard InChI is InChI=1S/C8H7BrN2O3/c9-5-4-11(6-2-1-3-14-6)8(13)10-7(5)12/h1,3-4,6H,2H2,(H,10,12,13). The summed E-state index contributed by atoms with van der Waals surface area (Å²) in [5.74, 6) is 0. The van der Waals surface area contributed by atoms with Crippen molar-refractivity contribution in [2.75, 3.05) is 0 Å². The third-order valence-corrected chi connectivity index (χ3v) is 2.47. The highest BCUT2D eigenvalue weighted by molar-refractivity contribution is 9.10. The van der Waals surface area contributed by atoms with Gasteiger partial charge in [-0.1, -0.05) is 0 Å². The maximum Gasteiger partial charge on any atom is 0.331 e. The monoisotopic (exact) mass is 258 g/mol. The lowest BCUT2D eigenvalue weighted by atomic mass is 10.4. The zero-order valence-electron chi connectivity index (χ0n) is 7.07. The summed E-state index contributed by atoms with van der Waals surface area (Å²) in [6.07, 6.45) is 5.05. The number of hydrogen-bond donors (Lipinski definition) is 1. The Morgan fingerprint density at radius 1 is 1.57 bits per heavy atom. The van der Waals surface area contributed by atoms with Crippen molar-refractivity contribution in [3.05, 3.63) is 43.8 Å². The molecule has 0 saturated carbocycles. The van der Waals surface area contributed by atoms with Gasteiger partial charge in [0.1, 0.15) is 0 Å². The summed E-state index contributed by atoms with van der Waals surface area (Å²) >= 11 is 3.05. The lowest BCUT2D eigenvalue weighted by Gasteiger charge is -2.12. The highest BCUT2D eigenvalue weighted by Crippen LogP contribution is 2.18. The molecule has 5 nitrogen and oxygen atoms in total. The van der Waals surface area contributed by atoms with E-state index in [0.717, 1.165) is 0 Å². The maximum atomic E-state index is 11.4. The average Bonchev–Trinajstić information content (AvgIpc) is 2.64. The molecule has 1 aliphatic rings. The molecule has 1 aromatic heterocycles. The molecular formula is C8H7BrN2O3. The van der Waals surface area contributed by atoms with E-state index in [0.29, 0.717) is 10.9 Å². The lowest BCUT2D eigenvalue weighted by Crippen LogP contribution is -2.32. The first kappa shape index (κ1) is 9.26. The molecule has 0 radical (unpaired) electrons. The second kappa shape index (κ2) is 3.45. The third kappa shape index (κ3) is 1.52. The predicted octanol–water partition coefficient (Wildman–Crippen LogP) is 0.732. The largest absolute Gasteiger partial charge is 0.478 e. The molecule has 0 spiro atoms. The summed E-state index contributed by atoms with van der Waals surface area (Å²) < 4.78 is 6.81. The normalized spacial score (nSPS) is 19.6. The number of H-pyrrole nitrogens is 1. The van der Waals surface area contributed by atoms with Crippen LogP contribution in [-0.2, 0) is 4.74 Å². The van der Waals surface area contributed by atoms with Gasteiger partial charge in [0.2, 0.25) is 0 Å². The first-order chi connectivity index (χ1) is 6.68. The van der Waals surface area contributed by atoms with E-state index >= 15 is 0 Å². The number of nitrogens with one attached hydrogen (secondary N) is 1. The smallest absolute Gasteiger partial charge is 0.331 e. The first-order valence-corrected chi connectivity index (χ1v) is 4.79. The molecule has 0 aliphatic carbocycles. The second-order valence-electron chi connectivity index (χ2n) is 2.84. The van der Waals surface area contributed by atoms with E-state index in [2.05, 4.69) is 20.9 Å². The van der Waals surface area contributed by atoms with Gasteiger partial charge in [0, 0.05) is 12.6 Å². The fourth-order valence-electron chi connectivity index (χ4n) is 1.23. The zero-order valence-corrected chi connectivity index (χ0v) is 8.65. The Hall–Kier alpha value is -1.30. The van der Waals surface area contributed by atoms with Gasteiger partial charge in [-0.2, -0.15) is 0 Å². The molecular weight excluding hydrogens is 252 g/mol. The number of halogens is 1. The molecule has 1 unspecified atom stereocenters. The molecule has 0 bridgehead atoms. The SMILES string of the molecule is O=c1[nH]c(=O)n(C2CC=CO2)cc1Br. The first-order valence-electron chi connectivity index (χ1n) is 4.00. The van der Waals surface area contributed by atoms with Gasteiger partial charge in [0.15, 0.2) is 6.23 Å². The van der Waals surface area contributed by atoms with E-state index in [4.69, 9.17) is 4.74 Å². The molecule has 0 saturated heterocycles. The van der Waals surface area contributed by atoms with E-state index < -0.39 is 11.2 Å². The molecule has 1 atom stereocenters. The van der Waals surface area contributed by atoms with Crippen LogP contribution in [0.5, 0.6) is 0 Å². The van der Waals surface area contributed by atoms with Crippen molar-refractivity contribution in [3.8, 4) is 0 Å². The van der Waals surface area contributed by atoms with Crippen molar-refractivity contribution in [3.63, 3.8) is 0 Å². The average molecular weight is 259 g/mol. The van der Waals surface area contributed by atoms with Crippen LogP contribution in [0.15, 0.2) is 32.6 Å². The van der Waals surface area contributed by atoms with Gasteiger partial charge in [-0.25, -0.2) is 4.79 Å². The van der Waals surface area contributed by atoms with Crippen LogP contribution >= 0.6 is 15.9 Å². The van der Waals surface area contributed by atoms with Crippen LogP contribution in [0.4, 0.5) is 0 Å². The van der Waals surface area contributed by atoms with Crippen molar-refractivity contribution < 1.29 is 4.74 Å². The Bertz CT molecular complexity index is 480. The van der Waals surface area contributed by atoms with Gasteiger partial charge < -0.3 is 4.74 Å². The molecule has 14 heavy (non-hydrogen) atoms. The fourth-order valence-corrected chi connectivity index (χ4v) is 1.55. The van der Waals surface area contributed by atoms with Crippen LogP contribution < -0.4 is 11.2 Å². The highest BCUT2D eigenvalue weighted by atomic mass is 79.9. The number of nitrogens with zero attached hydrogens (tertiary/aromatic N) is 1. The van der Waals surface area contributed by atoms with Crippen molar-refractivity contribution in [2.24, 2.45) is 0 Å². The van der Waals surface area contributed by atoms with Gasteiger partial charge >= 0.3 is 5.69 Å². The van der Waals surface area contributed by atoms with E-state index in [1.165, 1.54) is 17.0 Å². The minimum absolute atomic E-state index is 0.313. The fraction of sp³-hybridized carbons (Fsp3) is 0.250. The Labute approximate surface area is 87.1 Å². The van der Waals surface area contributed by atoms with E-state index in [-0.39, 0.29) is 6.23 Å². The number of rotatable bonds is 1. The summed E-state index contributed by atoms with van der Waals surface area (Å²) in [6, 6.07) is 0. The Kier molecular flexibility index (Phi) is 2.28. The van der Waals surface area contributed by atoms with E-state index in [1.807, 2.05) is 6.08 Å². The predicted molar refractivity (Wildman–Crippen MR) is 52.9 cm³/mol. The highest BCUT2D eigenvalue weighted by Gasteiger charge is 2.15. The topological polar surface area (TPSA) is 64.1 Å². The van der Waals surface area contributed by atoms with Crippen molar-refractivity contribution in [1.29, 1.82) is 0 Å². The van der Waals surface area contributed by atoms with Gasteiger partial charge in [-0.3, -0.25) is 14.3 Å². The van der Waals surface area contributed by atoms with Crippen LogP contribution in [-0.4, -0.2) is 9.55 Å². The van der Waals surface area contributed by atoms with E-state index in [1.54, 1.807) is 0 Å². The molecule has 1 aliphatic heterocycles. The summed E-state index contributed by atoms with van der Waals surface area (Å²) in [4.78, 5) is 24.6. The number of aromatic amines is 1. The van der Waals surface area contributed by atoms with Crippen molar-refractivity contribution in [1.82, 2.24) is 9.55 Å². The maximum absolute atomic E-state index is 11.4. The molecule has 0 aromatic carbocycles. The van der Waals surface area contributed by atoms with Crippen LogP contribution in [0.2, 0.25) is 0 Å². The Morgan fingerprint density at radius 3 is 3.00 bits per heavy atom. The van der Waals surface area contributed by atoms with Gasteiger partial charge in [0.05, 0.1) is 10.7 Å². The quantitative estimate of drug-likeness (QED) is 0.808. The molecule has 2 heterocycles. The molecule has 2 rings (SSSR count). The Morgan fingerprint density at radius 2 is 2.36 bits per heavy atom. The van der Waals surface area contributed by atoms with E-state index in [9.17, 15) is 9.59 Å². The number of hydrogen-bond acceptors (Lipinski definition) is 3. The molecule has 1 aromatic rings. The molecule has 0 amide bonds. The minimum atomic E-state index is -0.466. The van der Waals surface area contributed by atoms with Crippen LogP contribution in [0.25, 0.3) is 0 Å². The minimum Gasteiger partial charge on any atom is -0.478 e. The molecule has 74 valence electrons. The molecule has 0 fully saturated rings. The van der Waals surface area contributed by atoms with Crippen LogP contribution in [0.3, 0.4) is 0 Å². The number of ether oxygens (including phenoxy) is 1. The Balaban J connectivity index is 2.48. The molecule has 6 heteroatoms. The van der Waals surface area contributed by atoms with Crippen molar-refractivity contribution in [2.45, 2.75) is 12.6 Å². The second-order valence-corrected chi connectivity index (χ2v) is 3.70. The van der Waals surface area contributed by atoms with Gasteiger partial charge in [-0.15, -0.1) is 0 Å². The molecule has 1 N–H and O–H groups in total.